The maximum absolute atomic E-state index is 5.66. The molecule has 0 N–H and O–H groups in total. The van der Waals surface area contributed by atoms with E-state index in [1.165, 1.54) is 0 Å². The molecule has 0 bridgehead atoms. The molecule has 0 unspecified atom stereocenters. The van der Waals surface area contributed by atoms with Crippen molar-refractivity contribution in [3.05, 3.63) is 58.9 Å². The molecule has 5 nitrogen and oxygen atoms in total. The van der Waals surface area contributed by atoms with Crippen molar-refractivity contribution in [3.63, 3.8) is 0 Å². The van der Waals surface area contributed by atoms with Gasteiger partial charge in [0.25, 0.3) is 5.89 Å². The van der Waals surface area contributed by atoms with Crippen molar-refractivity contribution in [2.24, 2.45) is 0 Å². The van der Waals surface area contributed by atoms with Crippen LogP contribution in [0.15, 0.2) is 57.4 Å². The topological polar surface area (TPSA) is 57.4 Å². The number of nitrogens with zero attached hydrogens (tertiary/aromatic N) is 2. The van der Waals surface area contributed by atoms with Crippen LogP contribution in [0.4, 0.5) is 0 Å². The molecule has 3 rings (SSSR count). The molecular formula is C16H13BrN2O3. The number of para-hydroxylation sites is 2. The van der Waals surface area contributed by atoms with Crippen LogP contribution in [-0.4, -0.2) is 17.3 Å². The van der Waals surface area contributed by atoms with E-state index in [9.17, 15) is 0 Å². The molecule has 0 saturated carbocycles. The summed E-state index contributed by atoms with van der Waals surface area (Å²) in [6.07, 6.45) is 0. The molecule has 6 heteroatoms. The lowest BCUT2D eigenvalue weighted by molar-refractivity contribution is 0.251. The molecule has 0 radical (unpaired) electrons. The highest BCUT2D eigenvalue weighted by atomic mass is 79.9. The van der Waals surface area contributed by atoms with Gasteiger partial charge < -0.3 is 13.9 Å². The average molecular weight is 361 g/mol. The summed E-state index contributed by atoms with van der Waals surface area (Å²) < 4.78 is 17.4. The van der Waals surface area contributed by atoms with Gasteiger partial charge in [0.05, 0.1) is 7.11 Å². The lowest BCUT2D eigenvalue weighted by atomic mass is 10.2. The molecule has 0 amide bonds. The third-order valence-electron chi connectivity index (χ3n) is 2.96. The smallest absolute Gasteiger partial charge is 0.254 e. The van der Waals surface area contributed by atoms with E-state index in [1.54, 1.807) is 7.11 Å². The van der Waals surface area contributed by atoms with Gasteiger partial charge in [-0.15, -0.1) is 10.2 Å². The Morgan fingerprint density at radius 1 is 1.05 bits per heavy atom. The second-order valence-corrected chi connectivity index (χ2v) is 5.37. The summed E-state index contributed by atoms with van der Waals surface area (Å²) in [4.78, 5) is 0. The molecule has 0 aliphatic rings. The van der Waals surface area contributed by atoms with Crippen LogP contribution < -0.4 is 9.47 Å². The first-order chi connectivity index (χ1) is 10.8. The van der Waals surface area contributed by atoms with Gasteiger partial charge in [-0.3, -0.25) is 0 Å². The molecule has 0 aliphatic heterocycles. The van der Waals surface area contributed by atoms with E-state index >= 15 is 0 Å². The van der Waals surface area contributed by atoms with Crippen molar-refractivity contribution in [2.75, 3.05) is 7.11 Å². The van der Waals surface area contributed by atoms with E-state index in [1.807, 2.05) is 48.5 Å². The number of aromatic nitrogens is 2. The minimum Gasteiger partial charge on any atom is -0.493 e. The van der Waals surface area contributed by atoms with Gasteiger partial charge in [0.2, 0.25) is 5.89 Å². The molecule has 0 fully saturated rings. The van der Waals surface area contributed by atoms with E-state index in [-0.39, 0.29) is 6.61 Å². The Morgan fingerprint density at radius 3 is 2.64 bits per heavy atom. The molecule has 22 heavy (non-hydrogen) atoms. The van der Waals surface area contributed by atoms with Crippen molar-refractivity contribution >= 4 is 15.9 Å². The Labute approximate surface area is 136 Å². The number of halogens is 1. The third kappa shape index (κ3) is 3.28. The van der Waals surface area contributed by atoms with Crippen LogP contribution >= 0.6 is 15.9 Å². The van der Waals surface area contributed by atoms with Gasteiger partial charge >= 0.3 is 0 Å². The number of rotatable bonds is 5. The molecule has 1 aromatic heterocycles. The second-order valence-electron chi connectivity index (χ2n) is 4.45. The predicted octanol–water partition coefficient (Wildman–Crippen LogP) is 4.09. The second kappa shape index (κ2) is 6.62. The van der Waals surface area contributed by atoms with E-state index in [2.05, 4.69) is 26.1 Å². The summed E-state index contributed by atoms with van der Waals surface area (Å²) in [5.41, 5.74) is 0.852. The lowest BCUT2D eigenvalue weighted by Crippen LogP contribution is -1.97. The summed E-state index contributed by atoms with van der Waals surface area (Å²) in [5.74, 6) is 2.15. The van der Waals surface area contributed by atoms with Crippen molar-refractivity contribution in [1.29, 1.82) is 0 Å². The monoisotopic (exact) mass is 360 g/mol. The normalized spacial score (nSPS) is 10.5. The quantitative estimate of drug-likeness (QED) is 0.685. The molecule has 1 heterocycles. The standard InChI is InChI=1S/C16H13BrN2O3/c1-20-13-7-2-3-8-14(13)21-10-15-18-19-16(22-15)11-5-4-6-12(17)9-11/h2-9H,10H2,1H3. The van der Waals surface area contributed by atoms with Crippen LogP contribution in [0.1, 0.15) is 5.89 Å². The fraction of sp³-hybridized carbons (Fsp3) is 0.125. The van der Waals surface area contributed by atoms with E-state index < -0.39 is 0 Å². The zero-order chi connectivity index (χ0) is 15.4. The van der Waals surface area contributed by atoms with Crippen LogP contribution in [0.3, 0.4) is 0 Å². The Morgan fingerprint density at radius 2 is 1.86 bits per heavy atom. The van der Waals surface area contributed by atoms with Gasteiger partial charge in [0.15, 0.2) is 18.1 Å². The Bertz CT molecular complexity index is 773. The summed E-state index contributed by atoms with van der Waals surface area (Å²) in [7, 11) is 1.60. The van der Waals surface area contributed by atoms with Gasteiger partial charge in [0.1, 0.15) is 0 Å². The molecule has 0 atom stereocenters. The minimum absolute atomic E-state index is 0.182. The molecule has 2 aromatic carbocycles. The largest absolute Gasteiger partial charge is 0.493 e. The summed E-state index contributed by atoms with van der Waals surface area (Å²) in [5, 5.41) is 8.03. The molecule has 0 aliphatic carbocycles. The first kappa shape index (κ1) is 14.6. The first-order valence-electron chi connectivity index (χ1n) is 6.60. The molecule has 0 spiro atoms. The van der Waals surface area contributed by atoms with Crippen LogP contribution in [0, 0.1) is 0 Å². The zero-order valence-electron chi connectivity index (χ0n) is 11.8. The van der Waals surface area contributed by atoms with Crippen LogP contribution in [0.2, 0.25) is 0 Å². The van der Waals surface area contributed by atoms with E-state index in [0.29, 0.717) is 23.3 Å². The van der Waals surface area contributed by atoms with Crippen molar-refractivity contribution in [1.82, 2.24) is 10.2 Å². The number of methoxy groups -OCH3 is 1. The number of ether oxygens (including phenoxy) is 2. The fourth-order valence-corrected chi connectivity index (χ4v) is 2.33. The highest BCUT2D eigenvalue weighted by Crippen LogP contribution is 2.27. The van der Waals surface area contributed by atoms with Gasteiger partial charge in [0, 0.05) is 10.0 Å². The first-order valence-corrected chi connectivity index (χ1v) is 7.39. The summed E-state index contributed by atoms with van der Waals surface area (Å²) in [6, 6.07) is 15.1. The SMILES string of the molecule is COc1ccccc1OCc1nnc(-c2cccc(Br)c2)o1. The van der Waals surface area contributed by atoms with Gasteiger partial charge in [-0.05, 0) is 30.3 Å². The van der Waals surface area contributed by atoms with Gasteiger partial charge in [-0.1, -0.05) is 34.1 Å². The van der Waals surface area contributed by atoms with Crippen LogP contribution in [0.25, 0.3) is 11.5 Å². The van der Waals surface area contributed by atoms with Crippen molar-refractivity contribution in [3.8, 4) is 23.0 Å². The average Bonchev–Trinajstić information content (AvgIpc) is 3.02. The van der Waals surface area contributed by atoms with Crippen LogP contribution in [-0.2, 0) is 6.61 Å². The van der Waals surface area contributed by atoms with Crippen LogP contribution in [0.5, 0.6) is 11.5 Å². The predicted molar refractivity (Wildman–Crippen MR) is 84.8 cm³/mol. The Hall–Kier alpha value is -2.34. The van der Waals surface area contributed by atoms with E-state index in [0.717, 1.165) is 10.0 Å². The van der Waals surface area contributed by atoms with Crippen molar-refractivity contribution < 1.29 is 13.9 Å². The molecule has 112 valence electrons. The highest BCUT2D eigenvalue weighted by molar-refractivity contribution is 9.10. The number of benzene rings is 2. The molecular weight excluding hydrogens is 348 g/mol. The molecule has 0 saturated heterocycles. The Balaban J connectivity index is 1.72. The fourth-order valence-electron chi connectivity index (χ4n) is 1.93. The summed E-state index contributed by atoms with van der Waals surface area (Å²) >= 11 is 3.41. The minimum atomic E-state index is 0.182. The maximum Gasteiger partial charge on any atom is 0.254 e. The van der Waals surface area contributed by atoms with Gasteiger partial charge in [-0.2, -0.15) is 0 Å². The van der Waals surface area contributed by atoms with E-state index in [4.69, 9.17) is 13.9 Å². The Kier molecular flexibility index (Phi) is 4.39. The third-order valence-corrected chi connectivity index (χ3v) is 3.45. The lowest BCUT2D eigenvalue weighted by Gasteiger charge is -2.07. The maximum atomic E-state index is 5.66. The number of hydrogen-bond donors (Lipinski definition) is 0. The number of hydrogen-bond acceptors (Lipinski definition) is 5. The molecule has 3 aromatic rings. The summed E-state index contributed by atoms with van der Waals surface area (Å²) in [6.45, 7) is 0.182. The van der Waals surface area contributed by atoms with Crippen molar-refractivity contribution in [2.45, 2.75) is 6.61 Å². The zero-order valence-corrected chi connectivity index (χ0v) is 13.4. The highest BCUT2D eigenvalue weighted by Gasteiger charge is 2.10. The van der Waals surface area contributed by atoms with Gasteiger partial charge in [-0.25, -0.2) is 0 Å².